The van der Waals surface area contributed by atoms with Crippen LogP contribution in [0.4, 0.5) is 4.39 Å². The highest BCUT2D eigenvalue weighted by atomic mass is 19.1. The van der Waals surface area contributed by atoms with Crippen LogP contribution in [0.25, 0.3) is 6.08 Å². The second-order valence-electron chi connectivity index (χ2n) is 5.90. The van der Waals surface area contributed by atoms with E-state index < -0.39 is 11.8 Å². The first-order chi connectivity index (χ1) is 11.1. The summed E-state index contributed by atoms with van der Waals surface area (Å²) in [5.74, 6) is -0.929. The predicted octanol–water partition coefficient (Wildman–Crippen LogP) is 3.08. The second-order valence-corrected chi connectivity index (χ2v) is 5.90. The quantitative estimate of drug-likeness (QED) is 0.670. The molecule has 1 N–H and O–H groups in total. The van der Waals surface area contributed by atoms with E-state index in [2.05, 4.69) is 12.2 Å². The number of carbonyl (C=O) groups excluding carboxylic acids is 2. The van der Waals surface area contributed by atoms with E-state index in [1.54, 1.807) is 18.2 Å². The molecule has 23 heavy (non-hydrogen) atoms. The maximum Gasteiger partial charge on any atom is 0.331 e. The molecule has 0 unspecified atom stereocenters. The molecule has 0 radical (unpaired) electrons. The summed E-state index contributed by atoms with van der Waals surface area (Å²) in [6, 6.07) is 6.26. The predicted molar refractivity (Wildman–Crippen MR) is 86.0 cm³/mol. The number of hydrogen-bond acceptors (Lipinski definition) is 3. The van der Waals surface area contributed by atoms with E-state index in [0.29, 0.717) is 11.5 Å². The van der Waals surface area contributed by atoms with Gasteiger partial charge in [-0.2, -0.15) is 0 Å². The maximum atomic E-state index is 13.4. The summed E-state index contributed by atoms with van der Waals surface area (Å²) < 4.78 is 18.3. The third kappa shape index (κ3) is 5.51. The van der Waals surface area contributed by atoms with E-state index in [4.69, 9.17) is 4.74 Å². The van der Waals surface area contributed by atoms with E-state index in [9.17, 15) is 14.0 Å². The zero-order chi connectivity index (χ0) is 16.7. The highest BCUT2D eigenvalue weighted by Gasteiger charge is 2.22. The van der Waals surface area contributed by atoms with E-state index in [0.717, 1.165) is 25.3 Å². The molecule has 4 nitrogen and oxygen atoms in total. The average molecular weight is 319 g/mol. The molecule has 1 aliphatic rings. The number of amides is 1. The number of hydrogen-bond donors (Lipinski definition) is 1. The molecular weight excluding hydrogens is 297 g/mol. The normalized spacial score (nSPS) is 21.1. The van der Waals surface area contributed by atoms with Crippen molar-refractivity contribution in [1.29, 1.82) is 0 Å². The summed E-state index contributed by atoms with van der Waals surface area (Å²) in [4.78, 5) is 23.4. The molecular formula is C18H22FNO3. The highest BCUT2D eigenvalue weighted by Crippen LogP contribution is 2.23. The minimum atomic E-state index is -0.667. The monoisotopic (exact) mass is 319 g/mol. The number of carbonyl (C=O) groups is 2. The van der Waals surface area contributed by atoms with Gasteiger partial charge in [-0.1, -0.05) is 38.0 Å². The molecule has 1 aromatic carbocycles. The van der Waals surface area contributed by atoms with Crippen LogP contribution in [0.3, 0.4) is 0 Å². The summed E-state index contributed by atoms with van der Waals surface area (Å²) in [5.41, 5.74) is 0.296. The van der Waals surface area contributed by atoms with Crippen LogP contribution in [-0.2, 0) is 14.3 Å². The lowest BCUT2D eigenvalue weighted by Crippen LogP contribution is -2.42. The minimum absolute atomic E-state index is 0.156. The molecule has 0 aliphatic heterocycles. The molecule has 1 aromatic rings. The van der Waals surface area contributed by atoms with Crippen LogP contribution >= 0.6 is 0 Å². The second kappa shape index (κ2) is 8.46. The zero-order valence-corrected chi connectivity index (χ0v) is 13.3. The smallest absolute Gasteiger partial charge is 0.331 e. The maximum absolute atomic E-state index is 13.4. The lowest BCUT2D eigenvalue weighted by molar-refractivity contribution is -0.144. The summed E-state index contributed by atoms with van der Waals surface area (Å²) >= 11 is 0. The SMILES string of the molecule is C[C@H]1CCCC[C@@H]1NC(=O)COC(=O)/C=C/c1ccccc1F. The van der Waals surface area contributed by atoms with Crippen LogP contribution in [0.2, 0.25) is 0 Å². The Morgan fingerprint density at radius 1 is 1.30 bits per heavy atom. The van der Waals surface area contributed by atoms with Crippen LogP contribution < -0.4 is 5.32 Å². The van der Waals surface area contributed by atoms with Gasteiger partial charge in [0.2, 0.25) is 0 Å². The van der Waals surface area contributed by atoms with Crippen molar-refractivity contribution in [2.45, 2.75) is 38.6 Å². The Balaban J connectivity index is 1.75. The Labute approximate surface area is 135 Å². The number of esters is 1. The lowest BCUT2D eigenvalue weighted by atomic mass is 9.86. The molecule has 1 amide bonds. The number of halogens is 1. The van der Waals surface area contributed by atoms with Gasteiger partial charge >= 0.3 is 5.97 Å². The van der Waals surface area contributed by atoms with Crippen LogP contribution in [0.15, 0.2) is 30.3 Å². The molecule has 0 saturated heterocycles. The molecule has 2 atom stereocenters. The fourth-order valence-corrected chi connectivity index (χ4v) is 2.73. The van der Waals surface area contributed by atoms with Crippen molar-refractivity contribution in [3.05, 3.63) is 41.7 Å². The van der Waals surface area contributed by atoms with E-state index >= 15 is 0 Å². The summed E-state index contributed by atoms with van der Waals surface area (Å²) in [7, 11) is 0. The van der Waals surface area contributed by atoms with Crippen LogP contribution in [0, 0.1) is 11.7 Å². The van der Waals surface area contributed by atoms with Crippen molar-refractivity contribution in [3.8, 4) is 0 Å². The molecule has 1 fully saturated rings. The van der Waals surface area contributed by atoms with Gasteiger partial charge in [-0.25, -0.2) is 9.18 Å². The molecule has 1 aliphatic carbocycles. The Morgan fingerprint density at radius 2 is 2.04 bits per heavy atom. The molecule has 124 valence electrons. The van der Waals surface area contributed by atoms with Crippen molar-refractivity contribution in [2.75, 3.05) is 6.61 Å². The van der Waals surface area contributed by atoms with Crippen molar-refractivity contribution in [2.24, 2.45) is 5.92 Å². The largest absolute Gasteiger partial charge is 0.452 e. The van der Waals surface area contributed by atoms with Crippen LogP contribution in [0.1, 0.15) is 38.2 Å². The molecule has 0 aromatic heterocycles. The topological polar surface area (TPSA) is 55.4 Å². The van der Waals surface area contributed by atoms with Gasteiger partial charge in [-0.05, 0) is 30.9 Å². The van der Waals surface area contributed by atoms with Gasteiger partial charge < -0.3 is 10.1 Å². The molecule has 0 spiro atoms. The highest BCUT2D eigenvalue weighted by molar-refractivity contribution is 5.89. The van der Waals surface area contributed by atoms with Crippen LogP contribution in [-0.4, -0.2) is 24.5 Å². The third-order valence-corrected chi connectivity index (χ3v) is 4.11. The van der Waals surface area contributed by atoms with Gasteiger partial charge in [0.1, 0.15) is 5.82 Å². The summed E-state index contributed by atoms with van der Waals surface area (Å²) in [5, 5.41) is 2.91. The number of rotatable bonds is 5. The van der Waals surface area contributed by atoms with Gasteiger partial charge in [-0.3, -0.25) is 4.79 Å². The van der Waals surface area contributed by atoms with Gasteiger partial charge in [-0.15, -0.1) is 0 Å². The summed E-state index contributed by atoms with van der Waals surface area (Å²) in [6.45, 7) is 1.80. The summed E-state index contributed by atoms with van der Waals surface area (Å²) in [6.07, 6.45) is 6.83. The van der Waals surface area contributed by atoms with Gasteiger partial charge in [0.05, 0.1) is 0 Å². The van der Waals surface area contributed by atoms with E-state index in [-0.39, 0.29) is 18.6 Å². The van der Waals surface area contributed by atoms with Crippen LogP contribution in [0.5, 0.6) is 0 Å². The Bertz CT molecular complexity index is 585. The molecule has 2 rings (SSSR count). The fraction of sp³-hybridized carbons (Fsp3) is 0.444. The first-order valence-corrected chi connectivity index (χ1v) is 7.95. The number of nitrogens with one attached hydrogen (secondary N) is 1. The van der Waals surface area contributed by atoms with Gasteiger partial charge in [0.25, 0.3) is 5.91 Å². The average Bonchev–Trinajstić information content (AvgIpc) is 2.54. The van der Waals surface area contributed by atoms with Crippen molar-refractivity contribution < 1.29 is 18.7 Å². The fourth-order valence-electron chi connectivity index (χ4n) is 2.73. The number of ether oxygens (including phenoxy) is 1. The van der Waals surface area contributed by atoms with Crippen molar-refractivity contribution in [3.63, 3.8) is 0 Å². The Morgan fingerprint density at radius 3 is 2.78 bits per heavy atom. The standard InChI is InChI=1S/C18H22FNO3/c1-13-6-2-5-9-16(13)20-17(21)12-23-18(22)11-10-14-7-3-4-8-15(14)19/h3-4,7-8,10-11,13,16H,2,5-6,9,12H2,1H3,(H,20,21)/b11-10+/t13-,16-/m0/s1. The Hall–Kier alpha value is -2.17. The third-order valence-electron chi connectivity index (χ3n) is 4.11. The Kier molecular flexibility index (Phi) is 6.32. The molecule has 0 bridgehead atoms. The van der Waals surface area contributed by atoms with Crippen molar-refractivity contribution in [1.82, 2.24) is 5.32 Å². The van der Waals surface area contributed by atoms with Gasteiger partial charge in [0.15, 0.2) is 6.61 Å². The molecule has 5 heteroatoms. The lowest BCUT2D eigenvalue weighted by Gasteiger charge is -2.29. The molecule has 0 heterocycles. The molecule has 1 saturated carbocycles. The van der Waals surface area contributed by atoms with E-state index in [1.165, 1.54) is 18.6 Å². The van der Waals surface area contributed by atoms with Gasteiger partial charge in [0, 0.05) is 17.7 Å². The van der Waals surface area contributed by atoms with E-state index in [1.807, 2.05) is 0 Å². The first-order valence-electron chi connectivity index (χ1n) is 7.95. The first kappa shape index (κ1) is 17.2. The number of benzene rings is 1. The zero-order valence-electron chi connectivity index (χ0n) is 13.3. The van der Waals surface area contributed by atoms with Crippen molar-refractivity contribution >= 4 is 18.0 Å². The minimum Gasteiger partial charge on any atom is -0.452 e.